The summed E-state index contributed by atoms with van der Waals surface area (Å²) in [6.07, 6.45) is 0. The number of nitrogens with zero attached hydrogens (tertiary/aromatic N) is 4. The maximum absolute atomic E-state index is 10.2. The number of para-hydroxylation sites is 2. The predicted molar refractivity (Wildman–Crippen MR) is 234 cm³/mol. The minimum Gasteiger partial charge on any atom is -0.309 e. The second kappa shape index (κ2) is 14.4. The van der Waals surface area contributed by atoms with Crippen LogP contribution >= 0.6 is 0 Å². The molecule has 2 aromatic heterocycles. The Morgan fingerprint density at radius 3 is 1.35 bits per heavy atom. The average molecular weight is 727 g/mol. The number of hydrogen-bond acceptors (Lipinski definition) is 3. The Morgan fingerprint density at radius 1 is 0.351 bits per heavy atom. The second-order valence-electron chi connectivity index (χ2n) is 14.2. The maximum atomic E-state index is 10.2. The van der Waals surface area contributed by atoms with Gasteiger partial charge in [-0.05, 0) is 88.0 Å². The first-order valence-electron chi connectivity index (χ1n) is 19.0. The lowest BCUT2D eigenvalue weighted by Crippen LogP contribution is -1.96. The maximum Gasteiger partial charge on any atom is 0.160 e. The monoisotopic (exact) mass is 726 g/mol. The third-order valence-corrected chi connectivity index (χ3v) is 10.6. The molecule has 10 rings (SSSR count). The van der Waals surface area contributed by atoms with Crippen molar-refractivity contribution in [2.24, 2.45) is 0 Å². The lowest BCUT2D eigenvalue weighted by molar-refractivity contribution is 1.18. The van der Waals surface area contributed by atoms with Crippen LogP contribution in [0.3, 0.4) is 0 Å². The van der Waals surface area contributed by atoms with E-state index in [-0.39, 0.29) is 0 Å². The van der Waals surface area contributed by atoms with Crippen LogP contribution in [0.1, 0.15) is 5.56 Å². The Bertz CT molecular complexity index is 3080. The van der Waals surface area contributed by atoms with Gasteiger partial charge in [0.05, 0.1) is 34.1 Å². The molecule has 4 heteroatoms. The summed E-state index contributed by atoms with van der Waals surface area (Å²) in [7, 11) is 0. The van der Waals surface area contributed by atoms with E-state index in [1.54, 1.807) is 0 Å². The molecule has 8 aromatic carbocycles. The normalized spacial score (nSPS) is 11.1. The molecular weight excluding hydrogens is 693 g/mol. The molecule has 0 aliphatic rings. The molecule has 0 saturated heterocycles. The van der Waals surface area contributed by atoms with Crippen molar-refractivity contribution in [1.82, 2.24) is 14.5 Å². The van der Waals surface area contributed by atoms with Crippen LogP contribution in [0.5, 0.6) is 0 Å². The highest BCUT2D eigenvalue weighted by Crippen LogP contribution is 2.36. The zero-order valence-corrected chi connectivity index (χ0v) is 30.9. The quantitative estimate of drug-likeness (QED) is 0.164. The second-order valence-corrected chi connectivity index (χ2v) is 14.2. The van der Waals surface area contributed by atoms with Crippen molar-refractivity contribution in [3.63, 3.8) is 0 Å². The van der Waals surface area contributed by atoms with Gasteiger partial charge in [-0.3, -0.25) is 0 Å². The molecule has 0 bridgehead atoms. The van der Waals surface area contributed by atoms with E-state index in [4.69, 9.17) is 9.97 Å². The van der Waals surface area contributed by atoms with Gasteiger partial charge < -0.3 is 4.57 Å². The Kier molecular flexibility index (Phi) is 8.52. The van der Waals surface area contributed by atoms with Gasteiger partial charge in [0.1, 0.15) is 0 Å². The van der Waals surface area contributed by atoms with Crippen molar-refractivity contribution in [1.29, 1.82) is 5.26 Å². The van der Waals surface area contributed by atoms with Crippen LogP contribution < -0.4 is 0 Å². The van der Waals surface area contributed by atoms with Gasteiger partial charge in [-0.1, -0.05) is 152 Å². The van der Waals surface area contributed by atoms with Crippen LogP contribution in [0.4, 0.5) is 0 Å². The molecule has 10 aromatic rings. The third kappa shape index (κ3) is 6.44. The minimum atomic E-state index is 0.611. The summed E-state index contributed by atoms with van der Waals surface area (Å²) in [5.74, 6) is 0.678. The SMILES string of the molecule is N#Cc1cc(-c2cccc(-c3cccc(-c4cc(-c5cccc(-c6ccccc6)c5)nc(-c5ccccc5)n4)c3)c2)cc(-n2c3ccccc3c3ccccc32)c1. The Morgan fingerprint density at radius 2 is 0.789 bits per heavy atom. The Labute approximate surface area is 331 Å². The lowest BCUT2D eigenvalue weighted by atomic mass is 9.96. The van der Waals surface area contributed by atoms with Gasteiger partial charge in [-0.25, -0.2) is 9.97 Å². The van der Waals surface area contributed by atoms with Crippen molar-refractivity contribution >= 4 is 21.8 Å². The summed E-state index contributed by atoms with van der Waals surface area (Å²) in [6, 6.07) is 73.8. The van der Waals surface area contributed by atoms with Crippen LogP contribution in [0.25, 0.3) is 94.8 Å². The van der Waals surface area contributed by atoms with E-state index in [9.17, 15) is 5.26 Å². The number of hydrogen-bond donors (Lipinski definition) is 0. The van der Waals surface area contributed by atoms with E-state index < -0.39 is 0 Å². The largest absolute Gasteiger partial charge is 0.309 e. The molecular formula is C53H34N4. The number of nitriles is 1. The predicted octanol–water partition coefficient (Wildman–Crippen LogP) is 13.4. The molecule has 57 heavy (non-hydrogen) atoms. The van der Waals surface area contributed by atoms with Gasteiger partial charge in [0, 0.05) is 33.2 Å². The number of fused-ring (bicyclic) bond motifs is 3. The standard InChI is InChI=1S/C53H34N4/c54-35-36-28-45(33-46(29-36)57-51-26-9-7-24-47(51)48-25-8-10-27-52(48)57)42-21-11-19-40(30-42)41-20-13-23-44(32-41)50-34-49(55-53(56-50)38-16-5-2-6-17-38)43-22-12-18-39(31-43)37-14-3-1-4-15-37/h1-34H. The van der Waals surface area contributed by atoms with Crippen LogP contribution in [0.15, 0.2) is 206 Å². The molecule has 0 atom stereocenters. The summed E-state index contributed by atoms with van der Waals surface area (Å²) in [6.45, 7) is 0. The molecule has 0 unspecified atom stereocenters. The van der Waals surface area contributed by atoms with Gasteiger partial charge in [0.2, 0.25) is 0 Å². The van der Waals surface area contributed by atoms with Crippen molar-refractivity contribution in [3.8, 4) is 79.0 Å². The summed E-state index contributed by atoms with van der Waals surface area (Å²) in [5.41, 5.74) is 14.9. The number of benzene rings is 8. The van der Waals surface area contributed by atoms with Gasteiger partial charge in [-0.15, -0.1) is 0 Å². The highest BCUT2D eigenvalue weighted by molar-refractivity contribution is 6.09. The van der Waals surface area contributed by atoms with E-state index in [0.29, 0.717) is 11.4 Å². The third-order valence-electron chi connectivity index (χ3n) is 10.6. The van der Waals surface area contributed by atoms with Crippen LogP contribution in [0.2, 0.25) is 0 Å². The fourth-order valence-corrected chi connectivity index (χ4v) is 7.86. The fraction of sp³-hybridized carbons (Fsp3) is 0. The first-order chi connectivity index (χ1) is 28.2. The zero-order chi connectivity index (χ0) is 38.1. The van der Waals surface area contributed by atoms with Crippen molar-refractivity contribution < 1.29 is 0 Å². The van der Waals surface area contributed by atoms with Crippen LogP contribution in [-0.2, 0) is 0 Å². The first kappa shape index (κ1) is 33.7. The smallest absolute Gasteiger partial charge is 0.160 e. The van der Waals surface area contributed by atoms with Crippen molar-refractivity contribution in [3.05, 3.63) is 212 Å². The molecule has 0 radical (unpaired) electrons. The molecule has 0 N–H and O–H groups in total. The molecule has 0 aliphatic carbocycles. The van der Waals surface area contributed by atoms with Gasteiger partial charge in [-0.2, -0.15) is 5.26 Å². The number of rotatable bonds is 7. The van der Waals surface area contributed by atoms with E-state index in [1.807, 2.05) is 36.4 Å². The molecule has 266 valence electrons. The average Bonchev–Trinajstić information content (AvgIpc) is 3.64. The molecule has 2 heterocycles. The summed E-state index contributed by atoms with van der Waals surface area (Å²) >= 11 is 0. The molecule has 0 saturated carbocycles. The van der Waals surface area contributed by atoms with Crippen molar-refractivity contribution in [2.75, 3.05) is 0 Å². The van der Waals surface area contributed by atoms with Crippen molar-refractivity contribution in [2.45, 2.75) is 0 Å². The van der Waals surface area contributed by atoms with E-state index in [1.165, 1.54) is 10.8 Å². The summed E-state index contributed by atoms with van der Waals surface area (Å²) in [5, 5.41) is 12.6. The molecule has 0 fully saturated rings. The highest BCUT2D eigenvalue weighted by Gasteiger charge is 2.15. The minimum absolute atomic E-state index is 0.611. The first-order valence-corrected chi connectivity index (χ1v) is 19.0. The molecule has 0 spiro atoms. The fourth-order valence-electron chi connectivity index (χ4n) is 7.86. The zero-order valence-electron chi connectivity index (χ0n) is 30.9. The van der Waals surface area contributed by atoms with Gasteiger partial charge >= 0.3 is 0 Å². The van der Waals surface area contributed by atoms with Crippen LogP contribution in [0, 0.1) is 11.3 Å². The number of aromatic nitrogens is 3. The van der Waals surface area contributed by atoms with Crippen LogP contribution in [-0.4, -0.2) is 14.5 Å². The van der Waals surface area contributed by atoms with Gasteiger partial charge in [0.25, 0.3) is 0 Å². The lowest BCUT2D eigenvalue weighted by Gasteiger charge is -2.13. The molecule has 0 amide bonds. The van der Waals surface area contributed by atoms with Gasteiger partial charge in [0.15, 0.2) is 5.82 Å². The highest BCUT2D eigenvalue weighted by atomic mass is 15.0. The van der Waals surface area contributed by atoms with E-state index in [0.717, 1.165) is 78.2 Å². The topological polar surface area (TPSA) is 54.5 Å². The summed E-state index contributed by atoms with van der Waals surface area (Å²) < 4.78 is 2.26. The van der Waals surface area contributed by atoms with E-state index in [2.05, 4.69) is 180 Å². The van der Waals surface area contributed by atoms with E-state index >= 15 is 0 Å². The Hall–Kier alpha value is -7.87. The molecule has 0 aliphatic heterocycles. The summed E-state index contributed by atoms with van der Waals surface area (Å²) in [4.78, 5) is 10.2. The Balaban J connectivity index is 1.05. The molecule has 4 nitrogen and oxygen atoms in total.